The Morgan fingerprint density at radius 1 is 1.17 bits per heavy atom. The molecule has 0 spiro atoms. The summed E-state index contributed by atoms with van der Waals surface area (Å²) in [5.74, 6) is 0. The fraction of sp³-hybridized carbons (Fsp3) is 0.500. The van der Waals surface area contributed by atoms with Crippen LogP contribution in [-0.4, -0.2) is 4.83 Å². The fourth-order valence-corrected chi connectivity index (χ4v) is 1.22. The van der Waals surface area contributed by atoms with E-state index in [-0.39, 0.29) is 5.54 Å². The van der Waals surface area contributed by atoms with Crippen LogP contribution in [0.15, 0.2) is 30.6 Å². The summed E-state index contributed by atoms with van der Waals surface area (Å²) in [5, 5.41) is 0. The molecule has 1 nitrogen and oxygen atoms in total. The largest absolute Gasteiger partial charge is 0.199 e. The molecule has 0 N–H and O–H groups in total. The van der Waals surface area contributed by atoms with Crippen LogP contribution in [0.1, 0.15) is 20.8 Å². The third-order valence-electron chi connectivity index (χ3n) is 2.35. The van der Waals surface area contributed by atoms with E-state index in [1.165, 1.54) is 0 Å². The predicted octanol–water partition coefficient (Wildman–Crippen LogP) is 2.49. The molecule has 0 aliphatic heterocycles. The number of hydrogen-bond donors (Lipinski definition) is 0. The van der Waals surface area contributed by atoms with E-state index in [1.807, 2.05) is 6.07 Å². The van der Waals surface area contributed by atoms with Gasteiger partial charge in [-0.25, -0.2) is 0 Å². The molecule has 0 aliphatic carbocycles. The molecule has 0 bridgehead atoms. The minimum absolute atomic E-state index is 0.126. The minimum Gasteiger partial charge on any atom is -0.199 e. The zero-order valence-corrected chi connectivity index (χ0v) is 9.38. The Hall–Kier alpha value is -0.370. The van der Waals surface area contributed by atoms with Crippen molar-refractivity contribution >= 4 is 15.9 Å². The molecule has 0 aromatic carbocycles. The first-order valence-corrected chi connectivity index (χ1v) is 5.07. The number of pyridine rings is 1. The molecule has 12 heavy (non-hydrogen) atoms. The summed E-state index contributed by atoms with van der Waals surface area (Å²) < 4.78 is 2.21. The van der Waals surface area contributed by atoms with Gasteiger partial charge in [-0.05, 0) is 6.92 Å². The lowest BCUT2D eigenvalue weighted by Crippen LogP contribution is -2.56. The van der Waals surface area contributed by atoms with Gasteiger partial charge >= 0.3 is 0 Å². The monoisotopic (exact) mass is 228 g/mol. The zero-order valence-electron chi connectivity index (χ0n) is 7.79. The van der Waals surface area contributed by atoms with Crippen LogP contribution in [0.5, 0.6) is 0 Å². The molecule has 1 aromatic rings. The van der Waals surface area contributed by atoms with E-state index in [2.05, 4.69) is 65.8 Å². The molecule has 1 rings (SSSR count). The van der Waals surface area contributed by atoms with Gasteiger partial charge in [-0.15, -0.1) is 0 Å². The number of nitrogens with zero attached hydrogens (tertiary/aromatic N) is 1. The quantitative estimate of drug-likeness (QED) is 0.542. The highest BCUT2D eigenvalue weighted by Gasteiger charge is 2.32. The van der Waals surface area contributed by atoms with Crippen LogP contribution in [0.4, 0.5) is 0 Å². The summed E-state index contributed by atoms with van der Waals surface area (Å²) in [6, 6.07) is 6.14. The molecule has 0 amide bonds. The maximum absolute atomic E-state index is 3.61. The van der Waals surface area contributed by atoms with Crippen molar-refractivity contribution < 1.29 is 4.57 Å². The molecule has 1 heterocycles. The molecule has 2 heteroatoms. The van der Waals surface area contributed by atoms with Crippen LogP contribution in [0.2, 0.25) is 0 Å². The summed E-state index contributed by atoms with van der Waals surface area (Å²) in [7, 11) is 0. The molecule has 1 unspecified atom stereocenters. The molecule has 0 aliphatic rings. The number of hydrogen-bond acceptors (Lipinski definition) is 0. The molecular formula is C10H15BrN+. The lowest BCUT2D eigenvalue weighted by molar-refractivity contribution is -0.756. The van der Waals surface area contributed by atoms with Crippen LogP contribution < -0.4 is 4.57 Å². The van der Waals surface area contributed by atoms with Crippen molar-refractivity contribution in [2.45, 2.75) is 31.1 Å². The van der Waals surface area contributed by atoms with Crippen LogP contribution in [0.25, 0.3) is 0 Å². The summed E-state index contributed by atoms with van der Waals surface area (Å²) in [6.07, 6.45) is 4.19. The molecule has 0 fully saturated rings. The van der Waals surface area contributed by atoms with Gasteiger partial charge < -0.3 is 0 Å². The van der Waals surface area contributed by atoms with E-state index in [9.17, 15) is 0 Å². The Balaban J connectivity index is 2.98. The zero-order chi connectivity index (χ0) is 9.19. The first-order chi connectivity index (χ1) is 5.55. The smallest absolute Gasteiger partial charge is 0.174 e. The fourth-order valence-electron chi connectivity index (χ4n) is 0.988. The lowest BCUT2D eigenvalue weighted by Gasteiger charge is -2.21. The number of rotatable bonds is 2. The standard InChI is InChI=1S/C10H15BrN/c1-9(11)10(2,3)12-7-5-4-6-8-12/h4-9H,1-3H3/q+1. The lowest BCUT2D eigenvalue weighted by atomic mass is 10.0. The minimum atomic E-state index is 0.126. The number of alkyl halides is 1. The van der Waals surface area contributed by atoms with Gasteiger partial charge in [0.25, 0.3) is 0 Å². The van der Waals surface area contributed by atoms with Gasteiger partial charge in [0.1, 0.15) is 0 Å². The Morgan fingerprint density at radius 2 is 1.67 bits per heavy atom. The van der Waals surface area contributed by atoms with E-state index >= 15 is 0 Å². The van der Waals surface area contributed by atoms with Gasteiger partial charge in [0.2, 0.25) is 0 Å². The second-order valence-corrected chi connectivity index (χ2v) is 4.93. The first-order valence-electron chi connectivity index (χ1n) is 4.16. The maximum atomic E-state index is 3.61. The predicted molar refractivity (Wildman–Crippen MR) is 54.3 cm³/mol. The third kappa shape index (κ3) is 1.86. The van der Waals surface area contributed by atoms with E-state index in [4.69, 9.17) is 0 Å². The number of aromatic nitrogens is 1. The van der Waals surface area contributed by atoms with Gasteiger partial charge in [-0.1, -0.05) is 22.0 Å². The molecular weight excluding hydrogens is 214 g/mol. The van der Waals surface area contributed by atoms with E-state index < -0.39 is 0 Å². The number of halogens is 1. The Morgan fingerprint density at radius 3 is 2.08 bits per heavy atom. The SMILES string of the molecule is CC(Br)C(C)(C)[n+]1ccccc1. The van der Waals surface area contributed by atoms with Crippen molar-refractivity contribution in [3.8, 4) is 0 Å². The van der Waals surface area contributed by atoms with Crippen LogP contribution in [0.3, 0.4) is 0 Å². The summed E-state index contributed by atoms with van der Waals surface area (Å²) >= 11 is 3.61. The average molecular weight is 229 g/mol. The van der Waals surface area contributed by atoms with Gasteiger partial charge in [0, 0.05) is 26.0 Å². The van der Waals surface area contributed by atoms with Gasteiger partial charge in [-0.3, -0.25) is 0 Å². The van der Waals surface area contributed by atoms with Gasteiger partial charge in [-0.2, -0.15) is 4.57 Å². The van der Waals surface area contributed by atoms with Crippen molar-refractivity contribution in [1.82, 2.24) is 0 Å². The summed E-state index contributed by atoms with van der Waals surface area (Å²) in [5.41, 5.74) is 0.126. The van der Waals surface area contributed by atoms with Crippen molar-refractivity contribution in [1.29, 1.82) is 0 Å². The first kappa shape index (κ1) is 9.72. The summed E-state index contributed by atoms with van der Waals surface area (Å²) in [4.78, 5) is 0.456. The van der Waals surface area contributed by atoms with Crippen molar-refractivity contribution in [2.75, 3.05) is 0 Å². The molecule has 0 saturated heterocycles. The molecule has 1 aromatic heterocycles. The Bertz CT molecular complexity index is 241. The second kappa shape index (κ2) is 3.56. The van der Waals surface area contributed by atoms with Crippen LogP contribution in [-0.2, 0) is 5.54 Å². The van der Waals surface area contributed by atoms with E-state index in [0.717, 1.165) is 0 Å². The topological polar surface area (TPSA) is 3.88 Å². The maximum Gasteiger partial charge on any atom is 0.174 e. The van der Waals surface area contributed by atoms with Crippen molar-refractivity contribution in [2.24, 2.45) is 0 Å². The molecule has 0 radical (unpaired) electrons. The molecule has 0 saturated carbocycles. The normalized spacial score (nSPS) is 14.3. The molecule has 66 valence electrons. The van der Waals surface area contributed by atoms with Gasteiger partial charge in [0.15, 0.2) is 17.9 Å². The van der Waals surface area contributed by atoms with Crippen molar-refractivity contribution in [3.05, 3.63) is 30.6 Å². The Kier molecular flexibility index (Phi) is 2.89. The van der Waals surface area contributed by atoms with Gasteiger partial charge in [0.05, 0.1) is 4.83 Å². The third-order valence-corrected chi connectivity index (χ3v) is 3.47. The highest BCUT2D eigenvalue weighted by Crippen LogP contribution is 2.18. The van der Waals surface area contributed by atoms with Crippen molar-refractivity contribution in [3.63, 3.8) is 0 Å². The van der Waals surface area contributed by atoms with Crippen LogP contribution >= 0.6 is 15.9 Å². The second-order valence-electron chi connectivity index (χ2n) is 3.55. The highest BCUT2D eigenvalue weighted by atomic mass is 79.9. The summed E-state index contributed by atoms with van der Waals surface area (Å²) in [6.45, 7) is 6.60. The van der Waals surface area contributed by atoms with E-state index in [1.54, 1.807) is 0 Å². The average Bonchev–Trinajstić information content (AvgIpc) is 2.06. The Labute approximate surface area is 82.6 Å². The highest BCUT2D eigenvalue weighted by molar-refractivity contribution is 9.09. The van der Waals surface area contributed by atoms with E-state index in [0.29, 0.717) is 4.83 Å². The van der Waals surface area contributed by atoms with Crippen LogP contribution in [0, 0.1) is 0 Å². The molecule has 1 atom stereocenters.